The molecule has 0 bridgehead atoms. The summed E-state index contributed by atoms with van der Waals surface area (Å²) in [6, 6.07) is 13.2. The van der Waals surface area contributed by atoms with Crippen LogP contribution in [0.5, 0.6) is 0 Å². The Morgan fingerprint density at radius 1 is 1.21 bits per heavy atom. The first kappa shape index (κ1) is 19.3. The first-order valence-corrected chi connectivity index (χ1v) is 8.82. The fraction of sp³-hybridized carbons (Fsp3) is 0.227. The molecule has 0 radical (unpaired) electrons. The summed E-state index contributed by atoms with van der Waals surface area (Å²) in [4.78, 5) is 27.2. The Kier molecular flexibility index (Phi) is 5.02. The minimum absolute atomic E-state index is 0.174. The Bertz CT molecular complexity index is 1020. The third kappa shape index (κ3) is 3.52. The van der Waals surface area contributed by atoms with Crippen LogP contribution in [0.1, 0.15) is 29.2 Å². The van der Waals surface area contributed by atoms with Crippen LogP contribution in [-0.2, 0) is 16.0 Å². The molecule has 1 N–H and O–H groups in total. The quantitative estimate of drug-likeness (QED) is 0.836. The van der Waals surface area contributed by atoms with Crippen molar-refractivity contribution in [1.29, 1.82) is 5.26 Å². The van der Waals surface area contributed by atoms with Crippen molar-refractivity contribution in [2.45, 2.75) is 25.8 Å². The molecule has 3 rings (SSSR count). The summed E-state index contributed by atoms with van der Waals surface area (Å²) in [5, 5.41) is 12.1. The van der Waals surface area contributed by atoms with Crippen LogP contribution in [0, 0.1) is 24.1 Å². The number of benzene rings is 2. The number of aryl methyl sites for hydroxylation is 1. The standard InChI is InChI=1S/C22H20FN3O2/c1-14-5-4-6-16(13-24)18(14)11-19-20(27)25-22(2,21(28)26(19)3)12-15-7-9-17(23)10-8-15/h4-11H,12H2,1-3H3,(H,25,27)/b19-11+. The summed E-state index contributed by atoms with van der Waals surface area (Å²) < 4.78 is 13.1. The molecule has 1 unspecified atom stereocenters. The predicted octanol–water partition coefficient (Wildman–Crippen LogP) is 2.94. The highest BCUT2D eigenvalue weighted by molar-refractivity contribution is 6.09. The van der Waals surface area contributed by atoms with Crippen molar-refractivity contribution in [3.8, 4) is 6.07 Å². The number of carbonyl (C=O) groups is 2. The van der Waals surface area contributed by atoms with Gasteiger partial charge in [0, 0.05) is 13.5 Å². The van der Waals surface area contributed by atoms with Gasteiger partial charge < -0.3 is 10.2 Å². The second-order valence-electron chi connectivity index (χ2n) is 7.13. The van der Waals surface area contributed by atoms with E-state index in [4.69, 9.17) is 0 Å². The number of rotatable bonds is 3. The van der Waals surface area contributed by atoms with Crippen LogP contribution < -0.4 is 5.32 Å². The number of carbonyl (C=O) groups excluding carboxylic acids is 2. The molecule has 1 aliphatic heterocycles. The molecule has 2 aromatic carbocycles. The number of hydrogen-bond acceptors (Lipinski definition) is 3. The minimum Gasteiger partial charge on any atom is -0.336 e. The topological polar surface area (TPSA) is 73.2 Å². The zero-order chi connectivity index (χ0) is 20.5. The second-order valence-corrected chi connectivity index (χ2v) is 7.13. The molecule has 0 spiro atoms. The summed E-state index contributed by atoms with van der Waals surface area (Å²) in [7, 11) is 1.54. The molecule has 28 heavy (non-hydrogen) atoms. The highest BCUT2D eigenvalue weighted by atomic mass is 19.1. The number of amides is 2. The fourth-order valence-electron chi connectivity index (χ4n) is 3.40. The van der Waals surface area contributed by atoms with Gasteiger partial charge in [-0.15, -0.1) is 0 Å². The molecule has 5 nitrogen and oxygen atoms in total. The number of halogens is 1. The lowest BCUT2D eigenvalue weighted by Gasteiger charge is -2.39. The Morgan fingerprint density at radius 3 is 2.54 bits per heavy atom. The van der Waals surface area contributed by atoms with Crippen LogP contribution in [0.15, 0.2) is 48.2 Å². The zero-order valence-electron chi connectivity index (χ0n) is 15.9. The lowest BCUT2D eigenvalue weighted by molar-refractivity contribution is -0.143. The smallest absolute Gasteiger partial charge is 0.268 e. The summed E-state index contributed by atoms with van der Waals surface area (Å²) in [6.45, 7) is 3.49. The average Bonchev–Trinajstić information content (AvgIpc) is 2.66. The molecule has 2 aromatic rings. The van der Waals surface area contributed by atoms with Gasteiger partial charge in [0.25, 0.3) is 11.8 Å². The summed E-state index contributed by atoms with van der Waals surface area (Å²) in [5.74, 6) is -1.05. The molecule has 1 saturated heterocycles. The SMILES string of the molecule is Cc1cccc(C#N)c1/C=C1\C(=O)NC(C)(Cc2ccc(F)cc2)C(=O)N1C. The minimum atomic E-state index is -1.15. The van der Waals surface area contributed by atoms with E-state index in [1.54, 1.807) is 44.3 Å². The average molecular weight is 377 g/mol. The van der Waals surface area contributed by atoms with Crippen molar-refractivity contribution in [2.24, 2.45) is 0 Å². The van der Waals surface area contributed by atoms with Gasteiger partial charge in [-0.25, -0.2) is 4.39 Å². The lowest BCUT2D eigenvalue weighted by Crippen LogP contribution is -2.64. The molecule has 6 heteroatoms. The van der Waals surface area contributed by atoms with Crippen LogP contribution in [0.3, 0.4) is 0 Å². The van der Waals surface area contributed by atoms with E-state index in [-0.39, 0.29) is 23.8 Å². The number of hydrogen-bond donors (Lipinski definition) is 1. The summed E-state index contributed by atoms with van der Waals surface area (Å²) in [5.41, 5.74) is 1.64. The lowest BCUT2D eigenvalue weighted by atomic mass is 9.88. The Hall–Kier alpha value is -3.46. The number of nitrogens with zero attached hydrogens (tertiary/aromatic N) is 2. The third-order valence-corrected chi connectivity index (χ3v) is 4.96. The third-order valence-electron chi connectivity index (χ3n) is 4.96. The van der Waals surface area contributed by atoms with Crippen LogP contribution in [0.2, 0.25) is 0 Å². The van der Waals surface area contributed by atoms with Gasteiger partial charge in [-0.05, 0) is 54.8 Å². The highest BCUT2D eigenvalue weighted by Crippen LogP contribution is 2.26. The van der Waals surface area contributed by atoms with Crippen LogP contribution >= 0.6 is 0 Å². The van der Waals surface area contributed by atoms with Crippen LogP contribution in [0.4, 0.5) is 4.39 Å². The number of nitriles is 1. The van der Waals surface area contributed by atoms with E-state index in [0.717, 1.165) is 11.1 Å². The van der Waals surface area contributed by atoms with E-state index in [9.17, 15) is 19.2 Å². The van der Waals surface area contributed by atoms with Gasteiger partial charge in [0.15, 0.2) is 0 Å². The molecule has 0 aromatic heterocycles. The highest BCUT2D eigenvalue weighted by Gasteiger charge is 2.44. The van der Waals surface area contributed by atoms with Crippen molar-refractivity contribution in [3.05, 3.63) is 76.2 Å². The maximum absolute atomic E-state index is 13.1. The Labute approximate surface area is 163 Å². The fourth-order valence-corrected chi connectivity index (χ4v) is 3.40. The van der Waals surface area contributed by atoms with Crippen LogP contribution in [0.25, 0.3) is 6.08 Å². The van der Waals surface area contributed by atoms with E-state index < -0.39 is 11.4 Å². The Balaban J connectivity index is 1.95. The van der Waals surface area contributed by atoms with E-state index in [2.05, 4.69) is 11.4 Å². The summed E-state index contributed by atoms with van der Waals surface area (Å²) >= 11 is 0. The predicted molar refractivity (Wildman–Crippen MR) is 103 cm³/mol. The van der Waals surface area contributed by atoms with Gasteiger partial charge in [0.05, 0.1) is 11.6 Å². The van der Waals surface area contributed by atoms with E-state index >= 15 is 0 Å². The molecule has 1 fully saturated rings. The largest absolute Gasteiger partial charge is 0.336 e. The second kappa shape index (κ2) is 7.28. The first-order valence-electron chi connectivity index (χ1n) is 8.82. The van der Waals surface area contributed by atoms with Gasteiger partial charge in [0.2, 0.25) is 0 Å². The van der Waals surface area contributed by atoms with Gasteiger partial charge in [-0.2, -0.15) is 5.26 Å². The van der Waals surface area contributed by atoms with E-state index in [1.165, 1.54) is 17.0 Å². The first-order chi connectivity index (χ1) is 13.2. The maximum atomic E-state index is 13.1. The molecule has 0 aliphatic carbocycles. The van der Waals surface area contributed by atoms with Crippen molar-refractivity contribution < 1.29 is 14.0 Å². The molecule has 1 atom stereocenters. The molecular weight excluding hydrogens is 357 g/mol. The van der Waals surface area contributed by atoms with Crippen molar-refractivity contribution >= 4 is 17.9 Å². The van der Waals surface area contributed by atoms with E-state index in [1.807, 2.05) is 13.0 Å². The normalized spacial score (nSPS) is 20.8. The molecule has 0 saturated carbocycles. The monoisotopic (exact) mass is 377 g/mol. The zero-order valence-corrected chi connectivity index (χ0v) is 15.9. The van der Waals surface area contributed by atoms with Gasteiger partial charge in [-0.3, -0.25) is 9.59 Å². The van der Waals surface area contributed by atoms with Crippen molar-refractivity contribution in [3.63, 3.8) is 0 Å². The number of nitrogens with one attached hydrogen (secondary N) is 1. The molecule has 1 heterocycles. The number of likely N-dealkylation sites (N-methyl/N-ethyl adjacent to an activating group) is 1. The van der Waals surface area contributed by atoms with E-state index in [0.29, 0.717) is 11.1 Å². The van der Waals surface area contributed by atoms with Crippen molar-refractivity contribution in [2.75, 3.05) is 7.05 Å². The molecule has 2 amide bonds. The van der Waals surface area contributed by atoms with Gasteiger partial charge in [-0.1, -0.05) is 24.3 Å². The number of piperazine rings is 1. The summed E-state index contributed by atoms with van der Waals surface area (Å²) in [6.07, 6.45) is 1.81. The van der Waals surface area contributed by atoms with Crippen LogP contribution in [-0.4, -0.2) is 29.3 Å². The molecule has 1 aliphatic rings. The van der Waals surface area contributed by atoms with Gasteiger partial charge in [0.1, 0.15) is 17.1 Å². The molecule has 142 valence electrons. The van der Waals surface area contributed by atoms with Crippen molar-refractivity contribution in [1.82, 2.24) is 10.2 Å². The molecular formula is C22H20FN3O2. The Morgan fingerprint density at radius 2 is 1.89 bits per heavy atom. The van der Waals surface area contributed by atoms with Gasteiger partial charge >= 0.3 is 0 Å². The maximum Gasteiger partial charge on any atom is 0.268 e.